The molecule has 2 aliphatic rings. The molecular formula is C19H26N2O6. The van der Waals surface area contributed by atoms with Crippen LogP contribution in [0.3, 0.4) is 0 Å². The Kier molecular flexibility index (Phi) is 5.86. The van der Waals surface area contributed by atoms with Gasteiger partial charge in [-0.05, 0) is 6.07 Å². The minimum absolute atomic E-state index is 0.0937. The number of rotatable bonds is 8. The fourth-order valence-electron chi connectivity index (χ4n) is 3.96. The molecule has 0 spiro atoms. The minimum atomic E-state index is -0.277. The molecule has 0 aliphatic carbocycles. The van der Waals surface area contributed by atoms with E-state index in [1.54, 1.807) is 28.4 Å². The van der Waals surface area contributed by atoms with Gasteiger partial charge < -0.3 is 18.9 Å². The minimum Gasteiger partial charge on any atom is -0.493 e. The number of hydrogen-bond donors (Lipinski definition) is 0. The normalized spacial score (nSPS) is 22.3. The van der Waals surface area contributed by atoms with Crippen LogP contribution in [0.15, 0.2) is 12.1 Å². The molecule has 2 saturated heterocycles. The van der Waals surface area contributed by atoms with Crippen LogP contribution >= 0.6 is 0 Å². The van der Waals surface area contributed by atoms with Gasteiger partial charge in [-0.2, -0.15) is 0 Å². The van der Waals surface area contributed by atoms with Crippen molar-refractivity contribution in [2.24, 2.45) is 11.8 Å². The average Bonchev–Trinajstić information content (AvgIpc) is 3.19. The lowest BCUT2D eigenvalue weighted by molar-refractivity contribution is -0.141. The molecule has 0 radical (unpaired) electrons. The number of carbonyl (C=O) groups is 2. The van der Waals surface area contributed by atoms with E-state index >= 15 is 0 Å². The average molecular weight is 378 g/mol. The van der Waals surface area contributed by atoms with Crippen molar-refractivity contribution in [2.75, 3.05) is 54.7 Å². The van der Waals surface area contributed by atoms with Crippen molar-refractivity contribution in [3.63, 3.8) is 0 Å². The van der Waals surface area contributed by atoms with Gasteiger partial charge in [0, 0.05) is 32.3 Å². The lowest BCUT2D eigenvalue weighted by Gasteiger charge is -2.22. The quantitative estimate of drug-likeness (QED) is 0.619. The van der Waals surface area contributed by atoms with Crippen molar-refractivity contribution < 1.29 is 28.5 Å². The van der Waals surface area contributed by atoms with Crippen molar-refractivity contribution in [2.45, 2.75) is 6.54 Å². The maximum absolute atomic E-state index is 12.6. The fourth-order valence-corrected chi connectivity index (χ4v) is 3.96. The van der Waals surface area contributed by atoms with Gasteiger partial charge in [0.15, 0.2) is 11.5 Å². The third kappa shape index (κ3) is 3.46. The number of benzene rings is 1. The smallest absolute Gasteiger partial charge is 0.234 e. The van der Waals surface area contributed by atoms with Gasteiger partial charge in [0.25, 0.3) is 0 Å². The van der Waals surface area contributed by atoms with Crippen LogP contribution in [-0.2, 0) is 20.9 Å². The highest BCUT2D eigenvalue weighted by Gasteiger charge is 2.52. The Morgan fingerprint density at radius 1 is 0.926 bits per heavy atom. The van der Waals surface area contributed by atoms with E-state index in [2.05, 4.69) is 4.90 Å². The van der Waals surface area contributed by atoms with Crippen LogP contribution in [0.4, 0.5) is 0 Å². The van der Waals surface area contributed by atoms with E-state index in [1.165, 1.54) is 4.90 Å². The van der Waals surface area contributed by atoms with Crippen molar-refractivity contribution in [1.29, 1.82) is 0 Å². The number of ether oxygens (including phenoxy) is 4. The molecule has 0 saturated carbocycles. The molecule has 148 valence electrons. The first-order valence-corrected chi connectivity index (χ1v) is 8.90. The van der Waals surface area contributed by atoms with Crippen LogP contribution in [0.5, 0.6) is 17.2 Å². The molecule has 2 aliphatic heterocycles. The first kappa shape index (κ1) is 19.4. The highest BCUT2D eigenvalue weighted by Crippen LogP contribution is 2.41. The van der Waals surface area contributed by atoms with Crippen LogP contribution in [0.2, 0.25) is 0 Å². The molecule has 1 aromatic rings. The Hall–Kier alpha value is -2.32. The van der Waals surface area contributed by atoms with Crippen LogP contribution in [0.1, 0.15) is 5.56 Å². The van der Waals surface area contributed by atoms with E-state index in [0.29, 0.717) is 50.0 Å². The SMILES string of the molecule is COCCN1C(=O)C2CN(Cc3ccc(OC)c(OC)c3OC)CC2C1=O. The first-order chi connectivity index (χ1) is 13.0. The fraction of sp³-hybridized carbons (Fsp3) is 0.579. The predicted octanol–water partition coefficient (Wildman–Crippen LogP) is 0.776. The van der Waals surface area contributed by atoms with Gasteiger partial charge in [-0.1, -0.05) is 6.07 Å². The number of nitrogens with zero attached hydrogens (tertiary/aromatic N) is 2. The summed E-state index contributed by atoms with van der Waals surface area (Å²) < 4.78 is 21.3. The van der Waals surface area contributed by atoms with E-state index in [-0.39, 0.29) is 23.7 Å². The second-order valence-corrected chi connectivity index (χ2v) is 6.72. The summed E-state index contributed by atoms with van der Waals surface area (Å²) in [6.07, 6.45) is 0. The first-order valence-electron chi connectivity index (χ1n) is 8.90. The zero-order chi connectivity index (χ0) is 19.6. The second-order valence-electron chi connectivity index (χ2n) is 6.72. The van der Waals surface area contributed by atoms with Crippen LogP contribution in [0, 0.1) is 11.8 Å². The van der Waals surface area contributed by atoms with E-state index < -0.39 is 0 Å². The van der Waals surface area contributed by atoms with Gasteiger partial charge in [0.1, 0.15) is 0 Å². The zero-order valence-corrected chi connectivity index (χ0v) is 16.2. The molecule has 8 heteroatoms. The molecule has 27 heavy (non-hydrogen) atoms. The molecule has 0 aromatic heterocycles. The number of hydrogen-bond acceptors (Lipinski definition) is 7. The molecule has 2 unspecified atom stereocenters. The second kappa shape index (κ2) is 8.14. The molecule has 8 nitrogen and oxygen atoms in total. The Bertz CT molecular complexity index is 698. The lowest BCUT2D eigenvalue weighted by atomic mass is 10.00. The molecule has 2 amide bonds. The summed E-state index contributed by atoms with van der Waals surface area (Å²) in [6, 6.07) is 3.75. The van der Waals surface area contributed by atoms with Crippen molar-refractivity contribution in [1.82, 2.24) is 9.80 Å². The Labute approximate surface area is 158 Å². The highest BCUT2D eigenvalue weighted by atomic mass is 16.5. The predicted molar refractivity (Wildman–Crippen MR) is 97.0 cm³/mol. The third-order valence-corrected chi connectivity index (χ3v) is 5.26. The van der Waals surface area contributed by atoms with Crippen molar-refractivity contribution in [3.8, 4) is 17.2 Å². The molecule has 2 heterocycles. The molecule has 2 fully saturated rings. The van der Waals surface area contributed by atoms with Crippen LogP contribution < -0.4 is 14.2 Å². The van der Waals surface area contributed by atoms with Gasteiger partial charge in [0.2, 0.25) is 17.6 Å². The standard InChI is InChI=1S/C19H26N2O6/c1-24-8-7-21-18(22)13-10-20(11-14(13)19(21)23)9-12-5-6-15(25-2)17(27-4)16(12)26-3/h5-6,13-14H,7-11H2,1-4H3. The summed E-state index contributed by atoms with van der Waals surface area (Å²) in [5.41, 5.74) is 0.922. The molecule has 0 bridgehead atoms. The van der Waals surface area contributed by atoms with Gasteiger partial charge in [0.05, 0.1) is 46.3 Å². The summed E-state index contributed by atoms with van der Waals surface area (Å²) in [5, 5.41) is 0. The number of imide groups is 1. The van der Waals surface area contributed by atoms with E-state index in [9.17, 15) is 9.59 Å². The van der Waals surface area contributed by atoms with Crippen LogP contribution in [0.25, 0.3) is 0 Å². The number of amides is 2. The number of fused-ring (bicyclic) bond motifs is 1. The van der Waals surface area contributed by atoms with Crippen molar-refractivity contribution in [3.05, 3.63) is 17.7 Å². The van der Waals surface area contributed by atoms with Gasteiger partial charge in [-0.15, -0.1) is 0 Å². The number of methoxy groups -OCH3 is 4. The van der Waals surface area contributed by atoms with E-state index in [4.69, 9.17) is 18.9 Å². The van der Waals surface area contributed by atoms with Crippen molar-refractivity contribution >= 4 is 11.8 Å². The van der Waals surface area contributed by atoms with Gasteiger partial charge in [-0.3, -0.25) is 19.4 Å². The lowest BCUT2D eigenvalue weighted by Crippen LogP contribution is -2.37. The Morgan fingerprint density at radius 2 is 1.56 bits per heavy atom. The Balaban J connectivity index is 1.73. The largest absolute Gasteiger partial charge is 0.493 e. The Morgan fingerprint density at radius 3 is 2.07 bits per heavy atom. The summed E-state index contributed by atoms with van der Waals surface area (Å²) in [4.78, 5) is 28.6. The summed E-state index contributed by atoms with van der Waals surface area (Å²) in [7, 11) is 6.28. The molecule has 3 rings (SSSR count). The maximum atomic E-state index is 12.6. The molecule has 1 aromatic carbocycles. The van der Waals surface area contributed by atoms with Gasteiger partial charge >= 0.3 is 0 Å². The van der Waals surface area contributed by atoms with Crippen LogP contribution in [-0.4, -0.2) is 76.3 Å². The third-order valence-electron chi connectivity index (χ3n) is 5.26. The molecule has 2 atom stereocenters. The summed E-state index contributed by atoms with van der Waals surface area (Å²) in [6.45, 7) is 2.36. The monoisotopic (exact) mass is 378 g/mol. The highest BCUT2D eigenvalue weighted by molar-refractivity contribution is 6.05. The number of carbonyl (C=O) groups excluding carboxylic acids is 2. The van der Waals surface area contributed by atoms with Gasteiger partial charge in [-0.25, -0.2) is 0 Å². The topological polar surface area (TPSA) is 77.5 Å². The number of likely N-dealkylation sites (tertiary alicyclic amines) is 2. The zero-order valence-electron chi connectivity index (χ0n) is 16.2. The molecular weight excluding hydrogens is 352 g/mol. The van der Waals surface area contributed by atoms with E-state index in [0.717, 1.165) is 5.56 Å². The van der Waals surface area contributed by atoms with E-state index in [1.807, 2.05) is 12.1 Å². The maximum Gasteiger partial charge on any atom is 0.234 e. The summed E-state index contributed by atoms with van der Waals surface area (Å²) >= 11 is 0. The summed E-state index contributed by atoms with van der Waals surface area (Å²) in [5.74, 6) is 0.993. The molecule has 0 N–H and O–H groups in total.